The van der Waals surface area contributed by atoms with Crippen LogP contribution < -0.4 is 4.74 Å². The fraction of sp³-hybridized carbons (Fsp3) is 0. The average molecular weight is 303 g/mol. The van der Waals surface area contributed by atoms with Crippen molar-refractivity contribution in [3.05, 3.63) is 53.6 Å². The van der Waals surface area contributed by atoms with Crippen molar-refractivity contribution in [3.8, 4) is 11.5 Å². The maximum Gasteiger partial charge on any atom is 0.265 e. The highest BCUT2D eigenvalue weighted by molar-refractivity contribution is 8.13. The van der Waals surface area contributed by atoms with Crippen molar-refractivity contribution in [1.82, 2.24) is 0 Å². The van der Waals surface area contributed by atoms with E-state index in [0.29, 0.717) is 10.8 Å². The maximum atomic E-state index is 11.4. The fourth-order valence-electron chi connectivity index (χ4n) is 1.37. The summed E-state index contributed by atoms with van der Waals surface area (Å²) in [6, 6.07) is 12.7. The first kappa shape index (κ1) is 13.2. The normalized spacial score (nSPS) is 11.2. The molecule has 3 nitrogen and oxygen atoms in total. The van der Waals surface area contributed by atoms with Gasteiger partial charge in [-0.1, -0.05) is 23.7 Å². The summed E-state index contributed by atoms with van der Waals surface area (Å²) >= 11 is 5.75. The smallest absolute Gasteiger partial charge is 0.265 e. The zero-order valence-corrected chi connectivity index (χ0v) is 11.3. The summed E-state index contributed by atoms with van der Waals surface area (Å²) < 4.78 is 28.2. The Morgan fingerprint density at radius 1 is 0.944 bits per heavy atom. The molecule has 0 heterocycles. The molecule has 0 amide bonds. The van der Waals surface area contributed by atoms with Gasteiger partial charge in [0.2, 0.25) is 0 Å². The number of benzene rings is 2. The second kappa shape index (κ2) is 5.18. The highest BCUT2D eigenvalue weighted by atomic mass is 35.7. The highest BCUT2D eigenvalue weighted by Crippen LogP contribution is 2.30. The number of ether oxygens (including phenoxy) is 1. The summed E-state index contributed by atoms with van der Waals surface area (Å²) in [5.74, 6) is 0.655. The van der Waals surface area contributed by atoms with E-state index in [-0.39, 0.29) is 10.6 Å². The Labute approximate surface area is 114 Å². The first-order valence-corrected chi connectivity index (χ1v) is 7.63. The van der Waals surface area contributed by atoms with Gasteiger partial charge < -0.3 is 4.74 Å². The molecule has 2 aromatic carbocycles. The molecule has 0 spiro atoms. The molecule has 2 aromatic rings. The molecule has 0 N–H and O–H groups in total. The summed E-state index contributed by atoms with van der Waals surface area (Å²) in [5.41, 5.74) is 0. The van der Waals surface area contributed by atoms with Crippen molar-refractivity contribution in [2.45, 2.75) is 4.90 Å². The van der Waals surface area contributed by atoms with Gasteiger partial charge in [0.1, 0.15) is 16.4 Å². The summed E-state index contributed by atoms with van der Waals surface area (Å²) in [6.45, 7) is 0. The van der Waals surface area contributed by atoms with Gasteiger partial charge in [-0.25, -0.2) is 8.42 Å². The fourth-order valence-corrected chi connectivity index (χ4v) is 2.47. The molecule has 18 heavy (non-hydrogen) atoms. The van der Waals surface area contributed by atoms with Crippen molar-refractivity contribution in [2.75, 3.05) is 0 Å². The van der Waals surface area contributed by atoms with E-state index >= 15 is 0 Å². The number of halogens is 2. The Kier molecular flexibility index (Phi) is 3.80. The molecule has 0 saturated carbocycles. The van der Waals surface area contributed by atoms with Crippen LogP contribution in [-0.2, 0) is 9.05 Å². The molecule has 0 atom stereocenters. The third-order valence-corrected chi connectivity index (χ3v) is 3.77. The predicted molar refractivity (Wildman–Crippen MR) is 71.0 cm³/mol. The predicted octanol–water partition coefficient (Wildman–Crippen LogP) is 4.06. The molecule has 2 rings (SSSR count). The molecule has 0 fully saturated rings. The molecule has 0 radical (unpaired) electrons. The van der Waals surface area contributed by atoms with E-state index in [2.05, 4.69) is 0 Å². The second-order valence-electron chi connectivity index (χ2n) is 3.44. The van der Waals surface area contributed by atoms with Gasteiger partial charge in [0, 0.05) is 15.7 Å². The number of hydrogen-bond acceptors (Lipinski definition) is 3. The SMILES string of the molecule is O=S(=O)(Cl)c1ccccc1Oc1ccc(Cl)cc1. The number of hydrogen-bond donors (Lipinski definition) is 0. The number of para-hydroxylation sites is 1. The van der Waals surface area contributed by atoms with E-state index in [9.17, 15) is 8.42 Å². The topological polar surface area (TPSA) is 43.4 Å². The van der Waals surface area contributed by atoms with Gasteiger partial charge in [-0.2, -0.15) is 0 Å². The lowest BCUT2D eigenvalue weighted by molar-refractivity contribution is 0.468. The lowest BCUT2D eigenvalue weighted by Gasteiger charge is -2.08. The molecule has 94 valence electrons. The van der Waals surface area contributed by atoms with Gasteiger partial charge in [-0.3, -0.25) is 0 Å². The van der Waals surface area contributed by atoms with Gasteiger partial charge in [0.25, 0.3) is 9.05 Å². The second-order valence-corrected chi connectivity index (χ2v) is 6.41. The largest absolute Gasteiger partial charge is 0.456 e. The van der Waals surface area contributed by atoms with Crippen molar-refractivity contribution in [2.24, 2.45) is 0 Å². The third-order valence-electron chi connectivity index (χ3n) is 2.15. The lowest BCUT2D eigenvalue weighted by Crippen LogP contribution is -1.95. The van der Waals surface area contributed by atoms with Crippen LogP contribution in [0.15, 0.2) is 53.4 Å². The molecule has 0 aliphatic carbocycles. The standard InChI is InChI=1S/C12H8Cl2O3S/c13-9-5-7-10(8-6-9)17-11-3-1-2-4-12(11)18(14,15)16/h1-8H. The zero-order valence-electron chi connectivity index (χ0n) is 9.01. The van der Waals surface area contributed by atoms with Crippen LogP contribution in [0.2, 0.25) is 5.02 Å². The zero-order chi connectivity index (χ0) is 13.2. The summed E-state index contributed by atoms with van der Waals surface area (Å²) in [4.78, 5) is -0.0679. The van der Waals surface area contributed by atoms with Crippen LogP contribution in [0.25, 0.3) is 0 Å². The Hall–Kier alpha value is -1.23. The first-order valence-electron chi connectivity index (χ1n) is 4.94. The van der Waals surface area contributed by atoms with Crippen LogP contribution in [0, 0.1) is 0 Å². The average Bonchev–Trinajstić information content (AvgIpc) is 2.31. The van der Waals surface area contributed by atoms with Gasteiger partial charge in [0.15, 0.2) is 0 Å². The van der Waals surface area contributed by atoms with E-state index in [1.54, 1.807) is 36.4 Å². The Bertz CT molecular complexity index is 651. The summed E-state index contributed by atoms with van der Waals surface area (Å²) in [7, 11) is 1.49. The van der Waals surface area contributed by atoms with Crippen molar-refractivity contribution < 1.29 is 13.2 Å². The van der Waals surface area contributed by atoms with Crippen LogP contribution in [0.1, 0.15) is 0 Å². The molecule has 0 bridgehead atoms. The summed E-state index contributed by atoms with van der Waals surface area (Å²) in [6.07, 6.45) is 0. The van der Waals surface area contributed by atoms with E-state index in [0.717, 1.165) is 0 Å². The molecule has 6 heteroatoms. The van der Waals surface area contributed by atoms with Crippen LogP contribution in [0.5, 0.6) is 11.5 Å². The Morgan fingerprint density at radius 3 is 2.17 bits per heavy atom. The van der Waals surface area contributed by atoms with E-state index in [1.807, 2.05) is 0 Å². The molecular weight excluding hydrogens is 295 g/mol. The van der Waals surface area contributed by atoms with Crippen molar-refractivity contribution >= 4 is 31.3 Å². The molecule has 0 saturated heterocycles. The van der Waals surface area contributed by atoms with Crippen LogP contribution in [-0.4, -0.2) is 8.42 Å². The maximum absolute atomic E-state index is 11.4. The van der Waals surface area contributed by atoms with Crippen molar-refractivity contribution in [1.29, 1.82) is 0 Å². The van der Waals surface area contributed by atoms with E-state index in [1.165, 1.54) is 12.1 Å². The van der Waals surface area contributed by atoms with Crippen LogP contribution in [0.3, 0.4) is 0 Å². The monoisotopic (exact) mass is 302 g/mol. The first-order chi connectivity index (χ1) is 8.47. The van der Waals surface area contributed by atoms with Crippen LogP contribution in [0.4, 0.5) is 0 Å². The van der Waals surface area contributed by atoms with Gasteiger partial charge >= 0.3 is 0 Å². The van der Waals surface area contributed by atoms with Crippen molar-refractivity contribution in [3.63, 3.8) is 0 Å². The van der Waals surface area contributed by atoms with Gasteiger partial charge in [-0.15, -0.1) is 0 Å². The van der Waals surface area contributed by atoms with Crippen LogP contribution >= 0.6 is 22.3 Å². The van der Waals surface area contributed by atoms with Gasteiger partial charge in [-0.05, 0) is 36.4 Å². The quantitative estimate of drug-likeness (QED) is 0.803. The minimum absolute atomic E-state index is 0.0679. The molecule has 0 unspecified atom stereocenters. The minimum atomic E-state index is -3.84. The Balaban J connectivity index is 2.38. The number of rotatable bonds is 3. The highest BCUT2D eigenvalue weighted by Gasteiger charge is 2.16. The minimum Gasteiger partial charge on any atom is -0.456 e. The molecular formula is C12H8Cl2O3S. The molecule has 0 aliphatic rings. The van der Waals surface area contributed by atoms with E-state index in [4.69, 9.17) is 27.0 Å². The molecule has 0 aliphatic heterocycles. The Morgan fingerprint density at radius 2 is 1.56 bits per heavy atom. The summed E-state index contributed by atoms with van der Waals surface area (Å²) in [5, 5.41) is 0.570. The molecule has 0 aromatic heterocycles. The van der Waals surface area contributed by atoms with E-state index < -0.39 is 9.05 Å². The third kappa shape index (κ3) is 3.16. The van der Waals surface area contributed by atoms with Gasteiger partial charge in [0.05, 0.1) is 0 Å². The lowest BCUT2D eigenvalue weighted by atomic mass is 10.3.